The summed E-state index contributed by atoms with van der Waals surface area (Å²) in [5.74, 6) is 0.506. The van der Waals surface area contributed by atoms with Gasteiger partial charge in [0.1, 0.15) is 5.82 Å². The second-order valence-electron chi connectivity index (χ2n) is 4.45. The molecule has 0 unspecified atom stereocenters. The summed E-state index contributed by atoms with van der Waals surface area (Å²) in [6.45, 7) is 3.99. The first-order chi connectivity index (χ1) is 9.47. The Kier molecular flexibility index (Phi) is 4.34. The average molecular weight is 335 g/mol. The predicted molar refractivity (Wildman–Crippen MR) is 81.2 cm³/mol. The number of aromatic nitrogens is 2. The average Bonchev–Trinajstić information content (AvgIpc) is 2.40. The highest BCUT2D eigenvalue weighted by atomic mass is 79.9. The number of hydrogen-bond acceptors (Lipinski definition) is 4. The molecule has 2 rings (SSSR count). The minimum Gasteiger partial charge on any atom is -0.398 e. The Morgan fingerprint density at radius 1 is 1.40 bits per heavy atom. The molecule has 20 heavy (non-hydrogen) atoms. The van der Waals surface area contributed by atoms with Crippen molar-refractivity contribution in [2.24, 2.45) is 0 Å². The zero-order valence-electron chi connectivity index (χ0n) is 11.3. The molecule has 1 amide bonds. The molecule has 1 heterocycles. The van der Waals surface area contributed by atoms with Crippen molar-refractivity contribution in [3.05, 3.63) is 51.5 Å². The summed E-state index contributed by atoms with van der Waals surface area (Å²) in [4.78, 5) is 20.4. The number of nitrogens with two attached hydrogens (primary N) is 1. The van der Waals surface area contributed by atoms with Crippen molar-refractivity contribution in [1.29, 1.82) is 0 Å². The van der Waals surface area contributed by atoms with Gasteiger partial charge in [-0.05, 0) is 37.6 Å². The summed E-state index contributed by atoms with van der Waals surface area (Å²) < 4.78 is 0.781. The molecule has 0 aliphatic carbocycles. The quantitative estimate of drug-likeness (QED) is 0.844. The maximum atomic E-state index is 12.2. The molecule has 0 aliphatic rings. The molecule has 0 saturated carbocycles. The van der Waals surface area contributed by atoms with Crippen LogP contribution in [0, 0.1) is 13.8 Å². The zero-order valence-corrected chi connectivity index (χ0v) is 12.9. The lowest BCUT2D eigenvalue weighted by atomic mass is 10.1. The second-order valence-corrected chi connectivity index (χ2v) is 5.36. The van der Waals surface area contributed by atoms with E-state index in [-0.39, 0.29) is 5.91 Å². The molecular formula is C14H15BrN4O. The highest BCUT2D eigenvalue weighted by Crippen LogP contribution is 2.22. The van der Waals surface area contributed by atoms with Crippen LogP contribution in [-0.4, -0.2) is 15.9 Å². The first-order valence-electron chi connectivity index (χ1n) is 6.09. The zero-order chi connectivity index (χ0) is 14.7. The van der Waals surface area contributed by atoms with Crippen molar-refractivity contribution in [2.45, 2.75) is 20.4 Å². The molecule has 5 nitrogen and oxygen atoms in total. The van der Waals surface area contributed by atoms with Gasteiger partial charge in [-0.25, -0.2) is 9.97 Å². The lowest BCUT2D eigenvalue weighted by molar-refractivity contribution is 0.0949. The van der Waals surface area contributed by atoms with Crippen LogP contribution < -0.4 is 11.1 Å². The predicted octanol–water partition coefficient (Wildman–Crippen LogP) is 2.37. The lowest BCUT2D eigenvalue weighted by Crippen LogP contribution is -2.24. The van der Waals surface area contributed by atoms with Crippen LogP contribution >= 0.6 is 15.9 Å². The van der Waals surface area contributed by atoms with Crippen LogP contribution in [-0.2, 0) is 6.54 Å². The van der Waals surface area contributed by atoms with E-state index in [1.54, 1.807) is 24.4 Å². The van der Waals surface area contributed by atoms with E-state index in [1.807, 2.05) is 13.8 Å². The molecule has 1 aromatic heterocycles. The van der Waals surface area contributed by atoms with E-state index >= 15 is 0 Å². The first kappa shape index (κ1) is 14.5. The number of nitrogen functional groups attached to an aromatic ring is 1. The smallest absolute Gasteiger partial charge is 0.251 e. The minimum atomic E-state index is -0.174. The Bertz CT molecular complexity index is 658. The maximum absolute atomic E-state index is 12.2. The van der Waals surface area contributed by atoms with Crippen LogP contribution in [0.2, 0.25) is 0 Å². The van der Waals surface area contributed by atoms with Crippen molar-refractivity contribution >= 4 is 27.5 Å². The number of hydrogen-bond donors (Lipinski definition) is 2. The molecule has 0 atom stereocenters. The minimum absolute atomic E-state index is 0.174. The molecule has 0 saturated heterocycles. The molecule has 6 heteroatoms. The van der Waals surface area contributed by atoms with E-state index in [0.29, 0.717) is 23.6 Å². The van der Waals surface area contributed by atoms with Crippen LogP contribution in [0.15, 0.2) is 28.9 Å². The summed E-state index contributed by atoms with van der Waals surface area (Å²) in [7, 11) is 0. The summed E-state index contributed by atoms with van der Waals surface area (Å²) in [6.07, 6.45) is 1.67. The van der Waals surface area contributed by atoms with Crippen LogP contribution in [0.1, 0.15) is 27.4 Å². The van der Waals surface area contributed by atoms with E-state index in [9.17, 15) is 4.79 Å². The second kappa shape index (κ2) is 6.00. The van der Waals surface area contributed by atoms with Gasteiger partial charge in [-0.3, -0.25) is 4.79 Å². The summed E-state index contributed by atoms with van der Waals surface area (Å²) in [6, 6.07) is 5.31. The number of carbonyl (C=O) groups excluding carboxylic acids is 1. The van der Waals surface area contributed by atoms with Gasteiger partial charge in [0.05, 0.1) is 12.2 Å². The maximum Gasteiger partial charge on any atom is 0.251 e. The van der Waals surface area contributed by atoms with E-state index in [1.165, 1.54) is 0 Å². The summed E-state index contributed by atoms with van der Waals surface area (Å²) in [5.41, 5.74) is 8.54. The van der Waals surface area contributed by atoms with Gasteiger partial charge < -0.3 is 11.1 Å². The summed E-state index contributed by atoms with van der Waals surface area (Å²) >= 11 is 3.34. The fourth-order valence-corrected chi connectivity index (χ4v) is 2.28. The Morgan fingerprint density at radius 3 is 2.85 bits per heavy atom. The number of benzene rings is 1. The third-order valence-corrected chi connectivity index (χ3v) is 3.38. The number of anilines is 1. The number of amides is 1. The molecule has 0 aliphatic heterocycles. The molecule has 2 aromatic rings. The van der Waals surface area contributed by atoms with Gasteiger partial charge in [-0.15, -0.1) is 0 Å². The molecule has 0 fully saturated rings. The summed E-state index contributed by atoms with van der Waals surface area (Å²) in [5, 5.41) is 2.83. The third-order valence-electron chi connectivity index (χ3n) is 2.92. The fourth-order valence-electron chi connectivity index (χ4n) is 1.81. The Hall–Kier alpha value is -1.95. The number of nitrogens with one attached hydrogen (secondary N) is 1. The van der Waals surface area contributed by atoms with Crippen molar-refractivity contribution in [3.63, 3.8) is 0 Å². The van der Waals surface area contributed by atoms with Gasteiger partial charge in [0.15, 0.2) is 0 Å². The largest absolute Gasteiger partial charge is 0.398 e. The SMILES string of the molecule is Cc1nccc(CNC(=O)c2cc(Br)cc(N)c2C)n1. The van der Waals surface area contributed by atoms with Gasteiger partial charge in [0, 0.05) is 21.9 Å². The van der Waals surface area contributed by atoms with Crippen molar-refractivity contribution in [3.8, 4) is 0 Å². The molecule has 1 aromatic carbocycles. The topological polar surface area (TPSA) is 80.9 Å². The van der Waals surface area contributed by atoms with Crippen LogP contribution in [0.3, 0.4) is 0 Å². The van der Waals surface area contributed by atoms with E-state index in [0.717, 1.165) is 15.7 Å². The molecule has 104 valence electrons. The number of aryl methyl sites for hydroxylation is 1. The lowest BCUT2D eigenvalue weighted by Gasteiger charge is -2.10. The standard InChI is InChI=1S/C14H15BrN4O/c1-8-12(5-10(15)6-13(8)16)14(20)18-7-11-3-4-17-9(2)19-11/h3-6H,7,16H2,1-2H3,(H,18,20). The van der Waals surface area contributed by atoms with E-state index in [4.69, 9.17) is 5.73 Å². The van der Waals surface area contributed by atoms with Crippen molar-refractivity contribution in [2.75, 3.05) is 5.73 Å². The monoisotopic (exact) mass is 334 g/mol. The Balaban J connectivity index is 2.13. The number of rotatable bonds is 3. The first-order valence-corrected chi connectivity index (χ1v) is 6.89. The van der Waals surface area contributed by atoms with Gasteiger partial charge in [-0.2, -0.15) is 0 Å². The van der Waals surface area contributed by atoms with Crippen LogP contribution in [0.25, 0.3) is 0 Å². The Morgan fingerprint density at radius 2 is 2.15 bits per heavy atom. The molecule has 0 spiro atoms. The highest BCUT2D eigenvalue weighted by molar-refractivity contribution is 9.10. The van der Waals surface area contributed by atoms with Crippen LogP contribution in [0.5, 0.6) is 0 Å². The fraction of sp³-hybridized carbons (Fsp3) is 0.214. The highest BCUT2D eigenvalue weighted by Gasteiger charge is 2.12. The molecular weight excluding hydrogens is 320 g/mol. The van der Waals surface area contributed by atoms with E-state index in [2.05, 4.69) is 31.2 Å². The normalized spacial score (nSPS) is 10.3. The number of carbonyl (C=O) groups is 1. The molecule has 3 N–H and O–H groups in total. The molecule has 0 radical (unpaired) electrons. The Labute approximate surface area is 125 Å². The van der Waals surface area contributed by atoms with Crippen LogP contribution in [0.4, 0.5) is 5.69 Å². The number of nitrogens with zero attached hydrogens (tertiary/aromatic N) is 2. The number of halogens is 1. The third kappa shape index (κ3) is 3.33. The van der Waals surface area contributed by atoms with Crippen molar-refractivity contribution in [1.82, 2.24) is 15.3 Å². The van der Waals surface area contributed by atoms with Crippen molar-refractivity contribution < 1.29 is 4.79 Å². The van der Waals surface area contributed by atoms with E-state index < -0.39 is 0 Å². The van der Waals surface area contributed by atoms with Gasteiger partial charge in [0.25, 0.3) is 5.91 Å². The molecule has 0 bridgehead atoms. The van der Waals surface area contributed by atoms with Gasteiger partial charge in [-0.1, -0.05) is 15.9 Å². The van der Waals surface area contributed by atoms with Gasteiger partial charge in [0.2, 0.25) is 0 Å². The van der Waals surface area contributed by atoms with Gasteiger partial charge >= 0.3 is 0 Å².